The minimum Gasteiger partial charge on any atom is -0.469 e. The molecule has 0 aliphatic carbocycles. The Morgan fingerprint density at radius 2 is 2.00 bits per heavy atom. The van der Waals surface area contributed by atoms with E-state index in [1.54, 1.807) is 6.26 Å². The van der Waals surface area contributed by atoms with Crippen molar-refractivity contribution in [2.75, 3.05) is 11.9 Å². The molecule has 2 rings (SSSR count). The van der Waals surface area contributed by atoms with Crippen LogP contribution in [0.3, 0.4) is 0 Å². The van der Waals surface area contributed by atoms with Crippen LogP contribution in [0.5, 0.6) is 0 Å². The van der Waals surface area contributed by atoms with Crippen LogP contribution in [0.1, 0.15) is 37.7 Å². The van der Waals surface area contributed by atoms with Gasteiger partial charge < -0.3 is 14.6 Å². The molecule has 1 N–H and O–H groups in total. The van der Waals surface area contributed by atoms with Gasteiger partial charge in [0.1, 0.15) is 11.6 Å². The summed E-state index contributed by atoms with van der Waals surface area (Å²) in [7, 11) is 2.04. The van der Waals surface area contributed by atoms with Crippen molar-refractivity contribution in [2.45, 2.75) is 46.3 Å². The minimum absolute atomic E-state index is 0.119. The van der Waals surface area contributed by atoms with Crippen LogP contribution in [0.15, 0.2) is 35.1 Å². The molecule has 0 aromatic carbocycles. The first kappa shape index (κ1) is 15.6. The van der Waals surface area contributed by atoms with Crippen molar-refractivity contribution < 1.29 is 4.42 Å². The Bertz CT molecular complexity index is 566. The van der Waals surface area contributed by atoms with Crippen LogP contribution in [-0.4, -0.2) is 17.6 Å². The minimum atomic E-state index is 0.119. The van der Waals surface area contributed by atoms with Gasteiger partial charge in [-0.25, -0.2) is 4.98 Å². The lowest BCUT2D eigenvalue weighted by atomic mass is 10.1. The van der Waals surface area contributed by atoms with Crippen molar-refractivity contribution in [3.8, 4) is 0 Å². The summed E-state index contributed by atoms with van der Waals surface area (Å²) in [5.74, 6) is 1.93. The Labute approximate surface area is 127 Å². The number of hydrogen-bond acceptors (Lipinski definition) is 4. The second-order valence-corrected chi connectivity index (χ2v) is 6.49. The fourth-order valence-corrected chi connectivity index (χ4v) is 2.03. The van der Waals surface area contributed by atoms with Crippen molar-refractivity contribution >= 4 is 5.82 Å². The average Bonchev–Trinajstić information content (AvgIpc) is 2.82. The highest BCUT2D eigenvalue weighted by Gasteiger charge is 2.10. The molecule has 0 aliphatic heterocycles. The molecular formula is C17H25N3O. The molecule has 4 nitrogen and oxygen atoms in total. The molecule has 0 spiro atoms. The summed E-state index contributed by atoms with van der Waals surface area (Å²) in [5, 5.41) is 3.46. The molecule has 2 aromatic rings. The number of furan rings is 1. The number of nitrogens with one attached hydrogen (secondary N) is 1. The van der Waals surface area contributed by atoms with E-state index < -0.39 is 0 Å². The number of hydrogen-bond donors (Lipinski definition) is 1. The number of pyridine rings is 1. The van der Waals surface area contributed by atoms with Crippen molar-refractivity contribution in [1.82, 2.24) is 10.3 Å². The maximum absolute atomic E-state index is 5.33. The Hall–Kier alpha value is -1.81. The average molecular weight is 287 g/mol. The van der Waals surface area contributed by atoms with E-state index in [4.69, 9.17) is 4.42 Å². The Kier molecular flexibility index (Phi) is 4.68. The first-order valence-electron chi connectivity index (χ1n) is 7.29. The van der Waals surface area contributed by atoms with Gasteiger partial charge in [0, 0.05) is 37.4 Å². The zero-order chi connectivity index (χ0) is 15.5. The smallest absolute Gasteiger partial charge is 0.128 e. The molecule has 2 aromatic heterocycles. The first-order chi connectivity index (χ1) is 9.85. The predicted octanol–water partition coefficient (Wildman–Crippen LogP) is 3.51. The largest absolute Gasteiger partial charge is 0.469 e. The monoisotopic (exact) mass is 287 g/mol. The quantitative estimate of drug-likeness (QED) is 0.913. The lowest BCUT2D eigenvalue weighted by molar-refractivity contribution is 0.424. The van der Waals surface area contributed by atoms with Crippen LogP contribution in [0.2, 0.25) is 0 Å². The normalized spacial score (nSPS) is 11.7. The Morgan fingerprint density at radius 1 is 1.24 bits per heavy atom. The third kappa shape index (κ3) is 4.60. The number of aromatic nitrogens is 1. The fraction of sp³-hybridized carbons (Fsp3) is 0.471. The van der Waals surface area contributed by atoms with E-state index in [0.717, 1.165) is 24.7 Å². The molecular weight excluding hydrogens is 262 g/mol. The SMILES string of the molecule is Cc1occc1CN(C)c1ccc(CNC(C)(C)C)cn1. The lowest BCUT2D eigenvalue weighted by Gasteiger charge is -2.21. The van der Waals surface area contributed by atoms with E-state index in [1.165, 1.54) is 11.1 Å². The highest BCUT2D eigenvalue weighted by atomic mass is 16.3. The summed E-state index contributed by atoms with van der Waals surface area (Å²) >= 11 is 0. The summed E-state index contributed by atoms with van der Waals surface area (Å²) in [6.45, 7) is 10.1. The van der Waals surface area contributed by atoms with Gasteiger partial charge in [-0.1, -0.05) is 6.07 Å². The Morgan fingerprint density at radius 3 is 2.52 bits per heavy atom. The third-order valence-electron chi connectivity index (χ3n) is 3.40. The van der Waals surface area contributed by atoms with Gasteiger partial charge in [-0.2, -0.15) is 0 Å². The summed E-state index contributed by atoms with van der Waals surface area (Å²) in [4.78, 5) is 6.67. The highest BCUT2D eigenvalue weighted by molar-refractivity contribution is 5.39. The van der Waals surface area contributed by atoms with Crippen molar-refractivity contribution in [3.63, 3.8) is 0 Å². The molecule has 0 aliphatic rings. The van der Waals surface area contributed by atoms with Crippen molar-refractivity contribution in [1.29, 1.82) is 0 Å². The second-order valence-electron chi connectivity index (χ2n) is 6.49. The van der Waals surface area contributed by atoms with Crippen LogP contribution in [-0.2, 0) is 13.1 Å². The van der Waals surface area contributed by atoms with Crippen LogP contribution in [0.25, 0.3) is 0 Å². The van der Waals surface area contributed by atoms with Gasteiger partial charge in [-0.15, -0.1) is 0 Å². The summed E-state index contributed by atoms with van der Waals surface area (Å²) in [6.07, 6.45) is 3.67. The van der Waals surface area contributed by atoms with Crippen LogP contribution < -0.4 is 10.2 Å². The van der Waals surface area contributed by atoms with E-state index in [-0.39, 0.29) is 5.54 Å². The van der Waals surface area contributed by atoms with Crippen LogP contribution in [0, 0.1) is 6.92 Å². The van der Waals surface area contributed by atoms with Crippen LogP contribution in [0.4, 0.5) is 5.82 Å². The molecule has 0 saturated heterocycles. The molecule has 4 heteroatoms. The zero-order valence-corrected chi connectivity index (χ0v) is 13.6. The predicted molar refractivity (Wildman–Crippen MR) is 86.4 cm³/mol. The van der Waals surface area contributed by atoms with Gasteiger partial charge in [0.15, 0.2) is 0 Å². The van der Waals surface area contributed by atoms with Crippen molar-refractivity contribution in [3.05, 3.63) is 47.5 Å². The third-order valence-corrected chi connectivity index (χ3v) is 3.40. The molecule has 0 fully saturated rings. The number of anilines is 1. The lowest BCUT2D eigenvalue weighted by Crippen LogP contribution is -2.35. The van der Waals surface area contributed by atoms with Gasteiger partial charge >= 0.3 is 0 Å². The van der Waals surface area contributed by atoms with E-state index in [2.05, 4.69) is 48.1 Å². The van der Waals surface area contributed by atoms with Gasteiger partial charge in [-0.05, 0) is 45.4 Å². The van der Waals surface area contributed by atoms with E-state index in [9.17, 15) is 0 Å². The van der Waals surface area contributed by atoms with E-state index in [1.807, 2.05) is 26.2 Å². The fourth-order valence-electron chi connectivity index (χ4n) is 2.03. The van der Waals surface area contributed by atoms with Crippen LogP contribution >= 0.6 is 0 Å². The zero-order valence-electron chi connectivity index (χ0n) is 13.6. The first-order valence-corrected chi connectivity index (χ1v) is 7.29. The maximum Gasteiger partial charge on any atom is 0.128 e. The molecule has 0 atom stereocenters. The van der Waals surface area contributed by atoms with Gasteiger partial charge in [0.05, 0.1) is 6.26 Å². The van der Waals surface area contributed by atoms with Crippen molar-refractivity contribution in [2.24, 2.45) is 0 Å². The Balaban J connectivity index is 1.96. The molecule has 0 saturated carbocycles. The summed E-state index contributed by atoms with van der Waals surface area (Å²) < 4.78 is 5.33. The van der Waals surface area contributed by atoms with E-state index >= 15 is 0 Å². The topological polar surface area (TPSA) is 41.3 Å². The molecule has 0 unspecified atom stereocenters. The summed E-state index contributed by atoms with van der Waals surface area (Å²) in [6, 6.07) is 6.20. The van der Waals surface area contributed by atoms with Gasteiger partial charge in [0.25, 0.3) is 0 Å². The van der Waals surface area contributed by atoms with E-state index in [0.29, 0.717) is 0 Å². The molecule has 21 heavy (non-hydrogen) atoms. The molecule has 0 amide bonds. The molecule has 0 bridgehead atoms. The second kappa shape index (κ2) is 6.31. The number of nitrogens with zero attached hydrogens (tertiary/aromatic N) is 2. The van der Waals surface area contributed by atoms with Gasteiger partial charge in [-0.3, -0.25) is 0 Å². The summed E-state index contributed by atoms with van der Waals surface area (Å²) in [5.41, 5.74) is 2.51. The number of aryl methyl sites for hydroxylation is 1. The maximum atomic E-state index is 5.33. The molecule has 0 radical (unpaired) electrons. The molecule has 2 heterocycles. The van der Waals surface area contributed by atoms with Gasteiger partial charge in [0.2, 0.25) is 0 Å². The highest BCUT2D eigenvalue weighted by Crippen LogP contribution is 2.16. The molecule has 114 valence electrons. The number of rotatable bonds is 5. The standard InChI is InChI=1S/C17H25N3O/c1-13-15(8-9-21-13)12-20(5)16-7-6-14(10-18-16)11-19-17(2,3)4/h6-10,19H,11-12H2,1-5H3.